The number of tetrazole rings is 1. The highest BCUT2D eigenvalue weighted by Crippen LogP contribution is 2.48. The van der Waals surface area contributed by atoms with E-state index >= 15 is 0 Å². The van der Waals surface area contributed by atoms with E-state index in [2.05, 4.69) is 46.0 Å². The molecule has 0 unspecified atom stereocenters. The molecule has 1 amide bonds. The van der Waals surface area contributed by atoms with Gasteiger partial charge in [0, 0.05) is 30.3 Å². The number of nitrogens with one attached hydrogen (secondary N) is 1. The number of aromatic nitrogens is 4. The maximum absolute atomic E-state index is 13.3. The number of nitrogens with zero attached hydrogens (tertiary/aromatic N) is 5. The standard InChI is InChI=1S/C23H26N6O3/c1-14-10-23(22(31)29(14)18-9-20(30)32-13-18)6-4-17(5-7-23)24-11-15-2-3-19-16(8-15)12-28-21(19)25-26-27-28/h2-3,8-9,14,17,24H,4-7,10-13H2,1H3/t14-,17?,23?/m1/s1. The Labute approximate surface area is 185 Å². The number of esters is 1. The zero-order valence-corrected chi connectivity index (χ0v) is 18.1. The third kappa shape index (κ3) is 3.06. The Hall–Kier alpha value is -3.07. The first kappa shape index (κ1) is 19.6. The Morgan fingerprint density at radius 2 is 2.09 bits per heavy atom. The lowest BCUT2D eigenvalue weighted by atomic mass is 9.70. The first-order chi connectivity index (χ1) is 15.5. The Morgan fingerprint density at radius 1 is 1.25 bits per heavy atom. The molecule has 1 aliphatic carbocycles. The molecule has 1 saturated carbocycles. The number of amides is 1. The highest BCUT2D eigenvalue weighted by atomic mass is 16.5. The maximum atomic E-state index is 13.3. The summed E-state index contributed by atoms with van der Waals surface area (Å²) in [6.07, 6.45) is 6.06. The van der Waals surface area contributed by atoms with Crippen LogP contribution < -0.4 is 5.32 Å². The van der Waals surface area contributed by atoms with Gasteiger partial charge in [-0.2, -0.15) is 0 Å². The molecule has 4 heterocycles. The Morgan fingerprint density at radius 3 is 2.88 bits per heavy atom. The lowest BCUT2D eigenvalue weighted by molar-refractivity contribution is -0.138. The highest BCUT2D eigenvalue weighted by Gasteiger charge is 2.52. The number of ether oxygens (including phenoxy) is 1. The molecule has 1 spiro atoms. The van der Waals surface area contributed by atoms with Crippen molar-refractivity contribution >= 4 is 11.9 Å². The highest BCUT2D eigenvalue weighted by molar-refractivity contribution is 5.91. The lowest BCUT2D eigenvalue weighted by Gasteiger charge is -2.36. The molecular formula is C23H26N6O3. The molecule has 166 valence electrons. The minimum Gasteiger partial charge on any atom is -0.456 e. The molecule has 0 bridgehead atoms. The number of benzene rings is 1. The van der Waals surface area contributed by atoms with Gasteiger partial charge < -0.3 is 15.0 Å². The van der Waals surface area contributed by atoms with Gasteiger partial charge in [0.2, 0.25) is 5.91 Å². The molecule has 3 aliphatic heterocycles. The van der Waals surface area contributed by atoms with E-state index in [0.717, 1.165) is 56.6 Å². The van der Waals surface area contributed by atoms with Gasteiger partial charge in [0.15, 0.2) is 5.82 Å². The molecule has 6 rings (SSSR count). The molecule has 2 aromatic rings. The van der Waals surface area contributed by atoms with E-state index in [1.165, 1.54) is 17.2 Å². The minimum absolute atomic E-state index is 0.110. The van der Waals surface area contributed by atoms with Gasteiger partial charge in [0.1, 0.15) is 6.61 Å². The summed E-state index contributed by atoms with van der Waals surface area (Å²) in [4.78, 5) is 26.6. The van der Waals surface area contributed by atoms with Gasteiger partial charge in [-0.3, -0.25) is 4.79 Å². The predicted octanol–water partition coefficient (Wildman–Crippen LogP) is 1.78. The summed E-state index contributed by atoms with van der Waals surface area (Å²) in [5, 5.41) is 15.5. The van der Waals surface area contributed by atoms with Crippen LogP contribution in [0.3, 0.4) is 0 Å². The maximum Gasteiger partial charge on any atom is 0.333 e. The second kappa shape index (κ2) is 7.23. The molecule has 9 heteroatoms. The second-order valence-corrected chi connectivity index (χ2v) is 9.56. The number of hydrogen-bond acceptors (Lipinski definition) is 7. The van der Waals surface area contributed by atoms with E-state index in [9.17, 15) is 9.59 Å². The van der Waals surface area contributed by atoms with Gasteiger partial charge in [-0.15, -0.1) is 5.10 Å². The van der Waals surface area contributed by atoms with E-state index in [-0.39, 0.29) is 29.9 Å². The minimum atomic E-state index is -0.349. The summed E-state index contributed by atoms with van der Waals surface area (Å²) in [5.41, 5.74) is 4.02. The van der Waals surface area contributed by atoms with Crippen LogP contribution in [0.1, 0.15) is 50.2 Å². The van der Waals surface area contributed by atoms with Crippen LogP contribution in [-0.2, 0) is 27.4 Å². The van der Waals surface area contributed by atoms with Crippen molar-refractivity contribution in [2.75, 3.05) is 6.61 Å². The summed E-state index contributed by atoms with van der Waals surface area (Å²) in [6, 6.07) is 6.99. The van der Waals surface area contributed by atoms with Crippen LogP contribution in [0.15, 0.2) is 30.0 Å². The Bertz CT molecular complexity index is 1130. The summed E-state index contributed by atoms with van der Waals surface area (Å²) in [6.45, 7) is 3.82. The SMILES string of the molecule is C[C@@H]1CC2(CCC(NCc3ccc4c(c3)Cn3nnnc3-4)CC2)C(=O)N1C1=CC(=O)OC1. The lowest BCUT2D eigenvalue weighted by Crippen LogP contribution is -2.42. The van der Waals surface area contributed by atoms with Gasteiger partial charge in [-0.05, 0) is 60.6 Å². The van der Waals surface area contributed by atoms with Crippen molar-refractivity contribution in [2.45, 2.75) is 64.2 Å². The van der Waals surface area contributed by atoms with Crippen molar-refractivity contribution in [3.8, 4) is 11.4 Å². The van der Waals surface area contributed by atoms with Crippen LogP contribution in [0, 0.1) is 5.41 Å². The van der Waals surface area contributed by atoms with Crippen LogP contribution in [0.5, 0.6) is 0 Å². The van der Waals surface area contributed by atoms with Crippen molar-refractivity contribution in [1.82, 2.24) is 30.4 Å². The topological polar surface area (TPSA) is 102 Å². The number of carbonyl (C=O) groups is 2. The van der Waals surface area contributed by atoms with Gasteiger partial charge in [-0.25, -0.2) is 9.48 Å². The van der Waals surface area contributed by atoms with Gasteiger partial charge in [-0.1, -0.05) is 18.2 Å². The Kier molecular flexibility index (Phi) is 4.43. The van der Waals surface area contributed by atoms with Crippen LogP contribution in [0.25, 0.3) is 11.4 Å². The number of fused-ring (bicyclic) bond motifs is 3. The number of likely N-dealkylation sites (tertiary alicyclic amines) is 1. The third-order valence-corrected chi connectivity index (χ3v) is 7.56. The molecule has 1 saturated heterocycles. The predicted molar refractivity (Wildman–Crippen MR) is 114 cm³/mol. The molecule has 2 fully saturated rings. The van der Waals surface area contributed by atoms with Crippen molar-refractivity contribution in [3.63, 3.8) is 0 Å². The summed E-state index contributed by atoms with van der Waals surface area (Å²) in [5.74, 6) is 0.663. The molecular weight excluding hydrogens is 408 g/mol. The van der Waals surface area contributed by atoms with E-state index in [1.54, 1.807) is 0 Å². The van der Waals surface area contributed by atoms with Gasteiger partial charge in [0.25, 0.3) is 0 Å². The van der Waals surface area contributed by atoms with Gasteiger partial charge in [0.05, 0.1) is 17.7 Å². The average Bonchev–Trinajstić information content (AvgIpc) is 3.52. The summed E-state index contributed by atoms with van der Waals surface area (Å²) < 4.78 is 6.86. The molecule has 1 aromatic heterocycles. The monoisotopic (exact) mass is 434 g/mol. The fourth-order valence-corrected chi connectivity index (χ4v) is 5.94. The molecule has 1 aromatic carbocycles. The third-order valence-electron chi connectivity index (χ3n) is 7.56. The molecule has 1 N–H and O–H groups in total. The van der Waals surface area contributed by atoms with E-state index in [1.807, 2.05) is 9.58 Å². The molecule has 1 atom stereocenters. The summed E-state index contributed by atoms with van der Waals surface area (Å²) >= 11 is 0. The van der Waals surface area contributed by atoms with Crippen molar-refractivity contribution in [2.24, 2.45) is 5.41 Å². The van der Waals surface area contributed by atoms with Crippen LogP contribution >= 0.6 is 0 Å². The first-order valence-electron chi connectivity index (χ1n) is 11.4. The Balaban J connectivity index is 1.07. The second-order valence-electron chi connectivity index (χ2n) is 9.56. The first-order valence-corrected chi connectivity index (χ1v) is 11.4. The van der Waals surface area contributed by atoms with E-state index in [4.69, 9.17) is 4.74 Å². The average molecular weight is 435 g/mol. The smallest absolute Gasteiger partial charge is 0.333 e. The van der Waals surface area contributed by atoms with Crippen LogP contribution in [0.4, 0.5) is 0 Å². The largest absolute Gasteiger partial charge is 0.456 e. The number of rotatable bonds is 4. The number of hydrogen-bond donors (Lipinski definition) is 1. The summed E-state index contributed by atoms with van der Waals surface area (Å²) in [7, 11) is 0. The fourth-order valence-electron chi connectivity index (χ4n) is 5.94. The zero-order chi connectivity index (χ0) is 21.9. The molecule has 32 heavy (non-hydrogen) atoms. The van der Waals surface area contributed by atoms with Gasteiger partial charge >= 0.3 is 5.97 Å². The fraction of sp³-hybridized carbons (Fsp3) is 0.522. The quantitative estimate of drug-likeness (QED) is 0.625. The van der Waals surface area contributed by atoms with E-state index in [0.29, 0.717) is 11.7 Å². The van der Waals surface area contributed by atoms with Crippen molar-refractivity contribution in [3.05, 3.63) is 41.1 Å². The normalized spacial score (nSPS) is 28.8. The zero-order valence-electron chi connectivity index (χ0n) is 18.1. The number of cyclic esters (lactones) is 1. The van der Waals surface area contributed by atoms with Crippen LogP contribution in [-0.4, -0.2) is 55.7 Å². The van der Waals surface area contributed by atoms with Crippen LogP contribution in [0.2, 0.25) is 0 Å². The van der Waals surface area contributed by atoms with Crippen molar-refractivity contribution in [1.29, 1.82) is 0 Å². The van der Waals surface area contributed by atoms with E-state index < -0.39 is 0 Å². The number of carbonyl (C=O) groups excluding carboxylic acids is 2. The molecule has 9 nitrogen and oxygen atoms in total. The molecule has 0 radical (unpaired) electrons. The molecule has 4 aliphatic rings. The van der Waals surface area contributed by atoms with Crippen molar-refractivity contribution < 1.29 is 14.3 Å².